The molecule has 1 aliphatic rings. The van der Waals surface area contributed by atoms with Gasteiger partial charge in [0.2, 0.25) is 5.91 Å². The Bertz CT molecular complexity index is 547. The highest BCUT2D eigenvalue weighted by Gasteiger charge is 2.08. The van der Waals surface area contributed by atoms with E-state index < -0.39 is 0 Å². The normalized spacial score (nSPS) is 13.2. The van der Waals surface area contributed by atoms with Crippen LogP contribution in [-0.2, 0) is 16.0 Å². The van der Waals surface area contributed by atoms with E-state index in [-0.39, 0.29) is 18.1 Å². The van der Waals surface area contributed by atoms with Gasteiger partial charge in [-0.15, -0.1) is 0 Å². The average Bonchev–Trinajstić information content (AvgIpc) is 3.18. The van der Waals surface area contributed by atoms with Gasteiger partial charge >= 0.3 is 0 Å². The monoisotopic (exact) mass is 302 g/mol. The van der Waals surface area contributed by atoms with E-state index in [1.165, 1.54) is 5.57 Å². The van der Waals surface area contributed by atoms with Crippen LogP contribution >= 0.6 is 0 Å². The van der Waals surface area contributed by atoms with E-state index >= 15 is 0 Å². The fourth-order valence-electron chi connectivity index (χ4n) is 2.28. The third-order valence-electron chi connectivity index (χ3n) is 3.57. The largest absolute Gasteiger partial charge is 0.356 e. The van der Waals surface area contributed by atoms with Crippen LogP contribution in [-0.4, -0.2) is 34.4 Å². The van der Waals surface area contributed by atoms with Gasteiger partial charge in [-0.2, -0.15) is 0 Å². The lowest BCUT2D eigenvalue weighted by Gasteiger charge is -2.04. The molecular weight excluding hydrogens is 280 g/mol. The van der Waals surface area contributed by atoms with Crippen molar-refractivity contribution in [3.05, 3.63) is 30.0 Å². The van der Waals surface area contributed by atoms with Crippen molar-refractivity contribution >= 4 is 17.9 Å². The van der Waals surface area contributed by atoms with Crippen molar-refractivity contribution in [2.45, 2.75) is 44.9 Å². The first kappa shape index (κ1) is 16.1. The molecule has 1 aromatic heterocycles. The number of imidazole rings is 1. The standard InChI is InChI=1S/C16H22N4O2/c21-15(3-1-2-13-6-8-17-10-13)4-5-16(22)19-9-7-14-11-18-12-20-14/h8,10-12H,1-7,9H2,(H,18,20)(H,19,22). The topological polar surface area (TPSA) is 87.2 Å². The van der Waals surface area contributed by atoms with E-state index in [0.29, 0.717) is 19.4 Å². The predicted molar refractivity (Wildman–Crippen MR) is 84.6 cm³/mol. The van der Waals surface area contributed by atoms with Crippen molar-refractivity contribution in [1.82, 2.24) is 15.3 Å². The van der Waals surface area contributed by atoms with Crippen molar-refractivity contribution < 1.29 is 9.59 Å². The summed E-state index contributed by atoms with van der Waals surface area (Å²) in [5.41, 5.74) is 2.27. The number of nitrogens with one attached hydrogen (secondary N) is 2. The van der Waals surface area contributed by atoms with Crippen LogP contribution in [0, 0.1) is 0 Å². The molecule has 0 bridgehead atoms. The molecule has 0 radical (unpaired) electrons. The maximum atomic E-state index is 11.7. The molecule has 0 fully saturated rings. The zero-order chi connectivity index (χ0) is 15.6. The molecule has 0 aromatic carbocycles. The third kappa shape index (κ3) is 6.03. The van der Waals surface area contributed by atoms with Gasteiger partial charge in [-0.25, -0.2) is 4.98 Å². The number of nitrogens with zero attached hydrogens (tertiary/aromatic N) is 2. The van der Waals surface area contributed by atoms with E-state index in [0.717, 1.165) is 31.4 Å². The SMILES string of the molecule is O=C(CCCC1=CN=CC1)CCC(=O)NCCc1cnc[nH]1. The quantitative estimate of drug-likeness (QED) is 0.692. The number of aliphatic imine (C=N–C) groups is 1. The zero-order valence-corrected chi connectivity index (χ0v) is 12.7. The number of aromatic nitrogens is 2. The summed E-state index contributed by atoms with van der Waals surface area (Å²) >= 11 is 0. The lowest BCUT2D eigenvalue weighted by Crippen LogP contribution is -2.26. The molecule has 0 saturated heterocycles. The van der Waals surface area contributed by atoms with Gasteiger partial charge in [-0.05, 0) is 18.4 Å². The van der Waals surface area contributed by atoms with Gasteiger partial charge in [-0.1, -0.05) is 0 Å². The molecule has 2 heterocycles. The molecule has 0 atom stereocenters. The number of carbonyl (C=O) groups excluding carboxylic acids is 2. The minimum Gasteiger partial charge on any atom is -0.356 e. The van der Waals surface area contributed by atoms with Crippen LogP contribution in [0.4, 0.5) is 0 Å². The van der Waals surface area contributed by atoms with E-state index in [2.05, 4.69) is 20.3 Å². The number of ketones is 1. The van der Waals surface area contributed by atoms with Crippen LogP contribution in [0.25, 0.3) is 0 Å². The molecule has 6 heteroatoms. The van der Waals surface area contributed by atoms with Crippen molar-refractivity contribution in [3.8, 4) is 0 Å². The Morgan fingerprint density at radius 2 is 2.14 bits per heavy atom. The van der Waals surface area contributed by atoms with Crippen LogP contribution < -0.4 is 5.32 Å². The number of Topliss-reactive ketones (excluding diaryl/α,β-unsaturated/α-hetero) is 1. The molecule has 6 nitrogen and oxygen atoms in total. The van der Waals surface area contributed by atoms with Crippen LogP contribution in [0.5, 0.6) is 0 Å². The summed E-state index contributed by atoms with van der Waals surface area (Å²) in [6.07, 6.45) is 11.6. The van der Waals surface area contributed by atoms with E-state index in [1.807, 2.05) is 12.4 Å². The van der Waals surface area contributed by atoms with Crippen LogP contribution in [0.3, 0.4) is 0 Å². The van der Waals surface area contributed by atoms with Gasteiger partial charge in [0.25, 0.3) is 0 Å². The molecule has 0 spiro atoms. The summed E-state index contributed by atoms with van der Waals surface area (Å²) in [6.45, 7) is 0.559. The van der Waals surface area contributed by atoms with Crippen molar-refractivity contribution in [3.63, 3.8) is 0 Å². The van der Waals surface area contributed by atoms with Crippen LogP contribution in [0.2, 0.25) is 0 Å². The molecule has 2 N–H and O–H groups in total. The first-order chi connectivity index (χ1) is 10.7. The number of carbonyl (C=O) groups is 2. The molecule has 0 saturated carbocycles. The number of rotatable bonds is 10. The number of hydrogen-bond donors (Lipinski definition) is 2. The maximum Gasteiger partial charge on any atom is 0.220 e. The van der Waals surface area contributed by atoms with Gasteiger partial charge in [0, 0.05) is 63.0 Å². The van der Waals surface area contributed by atoms with Gasteiger partial charge in [0.05, 0.1) is 6.33 Å². The molecule has 2 rings (SSSR count). The Morgan fingerprint density at radius 1 is 1.23 bits per heavy atom. The van der Waals surface area contributed by atoms with E-state index in [9.17, 15) is 9.59 Å². The second-order valence-electron chi connectivity index (χ2n) is 5.39. The fraction of sp³-hybridized carbons (Fsp3) is 0.500. The Balaban J connectivity index is 1.49. The Morgan fingerprint density at radius 3 is 2.86 bits per heavy atom. The lowest BCUT2D eigenvalue weighted by molar-refractivity contribution is -0.125. The van der Waals surface area contributed by atoms with Crippen LogP contribution in [0.1, 0.15) is 44.2 Å². The van der Waals surface area contributed by atoms with Gasteiger partial charge in [-0.3, -0.25) is 14.6 Å². The molecule has 0 aliphatic carbocycles. The minimum absolute atomic E-state index is 0.0697. The third-order valence-corrected chi connectivity index (χ3v) is 3.57. The molecule has 118 valence electrons. The highest BCUT2D eigenvalue weighted by atomic mass is 16.2. The Kier molecular flexibility index (Phi) is 6.54. The molecular formula is C16H22N4O2. The number of H-pyrrole nitrogens is 1. The second-order valence-corrected chi connectivity index (χ2v) is 5.39. The highest BCUT2D eigenvalue weighted by Crippen LogP contribution is 2.15. The van der Waals surface area contributed by atoms with Gasteiger partial charge < -0.3 is 10.3 Å². The highest BCUT2D eigenvalue weighted by molar-refractivity contribution is 5.84. The van der Waals surface area contributed by atoms with Crippen molar-refractivity contribution in [2.75, 3.05) is 6.54 Å². The van der Waals surface area contributed by atoms with E-state index in [1.54, 1.807) is 12.5 Å². The molecule has 1 aromatic rings. The number of amides is 1. The first-order valence-corrected chi connectivity index (χ1v) is 7.69. The summed E-state index contributed by atoms with van der Waals surface area (Å²) in [5, 5.41) is 2.81. The molecule has 1 aliphatic heterocycles. The van der Waals surface area contributed by atoms with Gasteiger partial charge in [0.1, 0.15) is 5.78 Å². The average molecular weight is 302 g/mol. The fourth-order valence-corrected chi connectivity index (χ4v) is 2.28. The molecule has 0 unspecified atom stereocenters. The first-order valence-electron chi connectivity index (χ1n) is 7.69. The van der Waals surface area contributed by atoms with Crippen molar-refractivity contribution in [1.29, 1.82) is 0 Å². The summed E-state index contributed by atoms with van der Waals surface area (Å²) in [7, 11) is 0. The van der Waals surface area contributed by atoms with Crippen LogP contribution in [0.15, 0.2) is 29.3 Å². The van der Waals surface area contributed by atoms with E-state index in [4.69, 9.17) is 0 Å². The smallest absolute Gasteiger partial charge is 0.220 e. The van der Waals surface area contributed by atoms with Gasteiger partial charge in [0.15, 0.2) is 0 Å². The number of hydrogen-bond acceptors (Lipinski definition) is 4. The zero-order valence-electron chi connectivity index (χ0n) is 12.7. The Labute approximate surface area is 130 Å². The minimum atomic E-state index is -0.0697. The molecule has 1 amide bonds. The second kappa shape index (κ2) is 8.92. The lowest BCUT2D eigenvalue weighted by atomic mass is 10.0. The van der Waals surface area contributed by atoms with Crippen molar-refractivity contribution in [2.24, 2.45) is 4.99 Å². The number of aromatic amines is 1. The maximum absolute atomic E-state index is 11.7. The summed E-state index contributed by atoms with van der Waals surface area (Å²) < 4.78 is 0. The number of allylic oxidation sites excluding steroid dienone is 1. The Hall–Kier alpha value is -2.24. The summed E-state index contributed by atoms with van der Waals surface area (Å²) in [4.78, 5) is 34.3. The summed E-state index contributed by atoms with van der Waals surface area (Å²) in [5.74, 6) is 0.0861. The molecule has 22 heavy (non-hydrogen) atoms. The predicted octanol–water partition coefficient (Wildman–Crippen LogP) is 1.95. The summed E-state index contributed by atoms with van der Waals surface area (Å²) in [6, 6.07) is 0.